The summed E-state index contributed by atoms with van der Waals surface area (Å²) in [5, 5.41) is -0.134. The van der Waals surface area contributed by atoms with Crippen molar-refractivity contribution in [3.05, 3.63) is 0 Å². The highest BCUT2D eigenvalue weighted by molar-refractivity contribution is 7.79. The summed E-state index contributed by atoms with van der Waals surface area (Å²) >= 11 is -1.71. The van der Waals surface area contributed by atoms with Gasteiger partial charge in [-0.25, -0.2) is 4.21 Å². The lowest BCUT2D eigenvalue weighted by Gasteiger charge is -2.34. The Labute approximate surface area is 139 Å². The molecule has 0 aliphatic heterocycles. The molecule has 0 aliphatic rings. The molecule has 0 heterocycles. The van der Waals surface area contributed by atoms with Crippen LogP contribution in [0.2, 0.25) is 0 Å². The van der Waals surface area contributed by atoms with E-state index >= 15 is 0 Å². The Balaban J connectivity index is 0. The number of nitrogens with zero attached hydrogens (tertiary/aromatic N) is 1. The van der Waals surface area contributed by atoms with E-state index in [9.17, 15) is 8.76 Å². The second kappa shape index (κ2) is 13.2. The molecule has 0 fully saturated rings. The number of hydrogen-bond acceptors (Lipinski definition) is 1. The molecule has 0 aliphatic carbocycles. The molecule has 20 heavy (non-hydrogen) atoms. The van der Waals surface area contributed by atoms with Crippen LogP contribution in [-0.4, -0.2) is 39.3 Å². The second-order valence-electron chi connectivity index (χ2n) is 6.09. The van der Waals surface area contributed by atoms with Gasteiger partial charge in [-0.2, -0.15) is 0 Å². The van der Waals surface area contributed by atoms with Gasteiger partial charge in [-0.1, -0.05) is 51.9 Å². The molecule has 2 unspecified atom stereocenters. The van der Waals surface area contributed by atoms with E-state index in [0.29, 0.717) is 4.48 Å². The molecule has 0 saturated carbocycles. The molecular weight excluding hydrogens is 338 g/mol. The largest absolute Gasteiger partial charge is 1.00 e. The van der Waals surface area contributed by atoms with Gasteiger partial charge in [0.15, 0.2) is 5.37 Å². The van der Waals surface area contributed by atoms with E-state index in [-0.39, 0.29) is 22.4 Å². The third kappa shape index (κ3) is 10.3. The maximum atomic E-state index is 11.4. The van der Waals surface area contributed by atoms with Gasteiger partial charge in [-0.3, -0.25) is 0 Å². The van der Waals surface area contributed by atoms with Crippen LogP contribution in [0.15, 0.2) is 0 Å². The van der Waals surface area contributed by atoms with Gasteiger partial charge in [0.2, 0.25) is 11.1 Å². The molecule has 0 amide bonds. The zero-order chi connectivity index (χ0) is 14.7. The highest BCUT2D eigenvalue weighted by atomic mass is 79.9. The Hall–Kier alpha value is 0.550. The monoisotopic (exact) mass is 371 g/mol. The van der Waals surface area contributed by atoms with Gasteiger partial charge in [0.05, 0.1) is 20.6 Å². The summed E-state index contributed by atoms with van der Waals surface area (Å²) in [7, 11) is 4.09. The first kappa shape index (κ1) is 22.8. The van der Waals surface area contributed by atoms with E-state index < -0.39 is 11.1 Å². The fourth-order valence-electron chi connectivity index (χ4n) is 2.35. The van der Waals surface area contributed by atoms with Crippen LogP contribution in [0.25, 0.3) is 0 Å². The Bertz CT molecular complexity index is 250. The topological polar surface area (TPSA) is 37.3 Å². The molecular formula is C15H34BrNO2S. The summed E-state index contributed by atoms with van der Waals surface area (Å²) in [4.78, 5) is 0. The summed E-state index contributed by atoms with van der Waals surface area (Å²) in [6, 6.07) is 0. The molecule has 1 N–H and O–H groups in total. The minimum atomic E-state index is -1.71. The molecule has 0 rings (SSSR count). The van der Waals surface area contributed by atoms with Crippen LogP contribution >= 0.6 is 0 Å². The molecule has 0 saturated heterocycles. The Kier molecular flexibility index (Phi) is 15.1. The number of unbranched alkanes of at least 4 members (excludes halogenated alkanes) is 7. The van der Waals surface area contributed by atoms with Gasteiger partial charge in [-0.15, -0.1) is 0 Å². The first-order valence-electron chi connectivity index (χ1n) is 7.88. The lowest BCUT2D eigenvalue weighted by atomic mass is 10.1. The summed E-state index contributed by atoms with van der Waals surface area (Å²) in [6.45, 7) is 5.21. The van der Waals surface area contributed by atoms with Gasteiger partial charge >= 0.3 is 0 Å². The normalized spacial score (nSPS) is 14.7. The Morgan fingerprint density at radius 2 is 1.40 bits per heavy atom. The van der Waals surface area contributed by atoms with Gasteiger partial charge in [0, 0.05) is 6.42 Å². The van der Waals surface area contributed by atoms with E-state index in [1.165, 1.54) is 44.9 Å². The minimum Gasteiger partial charge on any atom is -1.00 e. The summed E-state index contributed by atoms with van der Waals surface area (Å²) in [5.74, 6) is 0. The summed E-state index contributed by atoms with van der Waals surface area (Å²) in [5.41, 5.74) is 0. The Morgan fingerprint density at radius 3 is 1.80 bits per heavy atom. The predicted molar refractivity (Wildman–Crippen MR) is 84.4 cm³/mol. The zero-order valence-corrected chi connectivity index (χ0v) is 16.1. The molecule has 124 valence electrons. The number of rotatable bonds is 12. The van der Waals surface area contributed by atoms with Crippen LogP contribution in [0, 0.1) is 0 Å². The van der Waals surface area contributed by atoms with Crippen LogP contribution in [0.1, 0.15) is 71.6 Å². The molecule has 0 aromatic rings. The van der Waals surface area contributed by atoms with Crippen molar-refractivity contribution in [3.8, 4) is 0 Å². The molecule has 0 radical (unpaired) electrons. The SMILES string of the molecule is CCCCCCCCCCC(S(=O)O)[N+](C)(C)CC.[Br-]. The van der Waals surface area contributed by atoms with Crippen LogP contribution < -0.4 is 17.0 Å². The third-order valence-electron chi connectivity index (χ3n) is 4.13. The molecule has 0 spiro atoms. The predicted octanol–water partition coefficient (Wildman–Crippen LogP) is 1.17. The lowest BCUT2D eigenvalue weighted by molar-refractivity contribution is -0.899. The minimum absolute atomic E-state index is 0. The molecule has 0 aromatic carbocycles. The summed E-state index contributed by atoms with van der Waals surface area (Å²) in [6.07, 6.45) is 11.1. The van der Waals surface area contributed by atoms with Crippen LogP contribution in [0.3, 0.4) is 0 Å². The maximum Gasteiger partial charge on any atom is 0.213 e. The summed E-state index contributed by atoms with van der Waals surface area (Å²) < 4.78 is 21.5. The fraction of sp³-hybridized carbons (Fsp3) is 1.00. The fourth-order valence-corrected chi connectivity index (χ4v) is 3.36. The molecule has 3 nitrogen and oxygen atoms in total. The van der Waals surface area contributed by atoms with Crippen molar-refractivity contribution in [2.75, 3.05) is 20.6 Å². The average Bonchev–Trinajstić information content (AvgIpc) is 2.36. The quantitative estimate of drug-likeness (QED) is 0.317. The van der Waals surface area contributed by atoms with Crippen molar-refractivity contribution in [1.29, 1.82) is 0 Å². The van der Waals surface area contributed by atoms with Gasteiger partial charge < -0.3 is 26.0 Å². The molecule has 0 bridgehead atoms. The smallest absolute Gasteiger partial charge is 0.213 e. The van der Waals surface area contributed by atoms with Gasteiger partial charge in [0.1, 0.15) is 0 Å². The van der Waals surface area contributed by atoms with E-state index in [1.807, 2.05) is 14.1 Å². The zero-order valence-electron chi connectivity index (χ0n) is 13.7. The van der Waals surface area contributed by atoms with Crippen LogP contribution in [0.5, 0.6) is 0 Å². The van der Waals surface area contributed by atoms with Gasteiger partial charge in [0.25, 0.3) is 0 Å². The lowest BCUT2D eigenvalue weighted by Crippen LogP contribution is -3.00. The van der Waals surface area contributed by atoms with Crippen molar-refractivity contribution >= 4 is 11.1 Å². The van der Waals surface area contributed by atoms with Crippen molar-refractivity contribution in [3.63, 3.8) is 0 Å². The van der Waals surface area contributed by atoms with E-state index in [2.05, 4.69) is 13.8 Å². The van der Waals surface area contributed by atoms with Crippen LogP contribution in [0.4, 0.5) is 0 Å². The van der Waals surface area contributed by atoms with Crippen molar-refractivity contribution in [1.82, 2.24) is 0 Å². The van der Waals surface area contributed by atoms with E-state index in [1.54, 1.807) is 0 Å². The number of hydrogen-bond donors (Lipinski definition) is 1. The van der Waals surface area contributed by atoms with E-state index in [4.69, 9.17) is 0 Å². The molecule has 2 atom stereocenters. The first-order valence-corrected chi connectivity index (χ1v) is 9.05. The Morgan fingerprint density at radius 1 is 0.950 bits per heavy atom. The van der Waals surface area contributed by atoms with Crippen molar-refractivity contribution < 1.29 is 30.2 Å². The average molecular weight is 372 g/mol. The first-order chi connectivity index (χ1) is 8.95. The highest BCUT2D eigenvalue weighted by Gasteiger charge is 2.31. The molecule has 5 heteroatoms. The number of halogens is 1. The third-order valence-corrected chi connectivity index (χ3v) is 5.40. The van der Waals surface area contributed by atoms with Gasteiger partial charge in [-0.05, 0) is 13.3 Å². The standard InChI is InChI=1S/C15H33NO2S.BrH/c1-5-7-8-9-10-11-12-13-14-15(19(17)18)16(3,4)6-2;/h15H,5-14H2,1-4H3;1H. The molecule has 0 aromatic heterocycles. The second-order valence-corrected chi connectivity index (χ2v) is 7.19. The number of quaternary nitrogens is 1. The van der Waals surface area contributed by atoms with E-state index in [0.717, 1.165) is 19.4 Å². The highest BCUT2D eigenvalue weighted by Crippen LogP contribution is 2.18. The van der Waals surface area contributed by atoms with Crippen LogP contribution in [-0.2, 0) is 11.1 Å². The van der Waals surface area contributed by atoms with Crippen molar-refractivity contribution in [2.24, 2.45) is 0 Å². The van der Waals surface area contributed by atoms with Crippen molar-refractivity contribution in [2.45, 2.75) is 77.0 Å². The maximum absolute atomic E-state index is 11.4.